The number of hydrogen-bond acceptors (Lipinski definition) is 3. The van der Waals surface area contributed by atoms with Crippen LogP contribution in [0.15, 0.2) is 0 Å². The number of hydrogen-bond donors (Lipinski definition) is 1. The minimum absolute atomic E-state index is 0.420. The summed E-state index contributed by atoms with van der Waals surface area (Å²) in [6, 6.07) is 0. The van der Waals surface area contributed by atoms with Crippen LogP contribution in [-0.2, 0) is 14.3 Å². The van der Waals surface area contributed by atoms with Gasteiger partial charge in [-0.1, -0.05) is 6.92 Å². The van der Waals surface area contributed by atoms with Gasteiger partial charge >= 0.3 is 5.97 Å². The maximum atomic E-state index is 10.6. The summed E-state index contributed by atoms with van der Waals surface area (Å²) >= 11 is 0. The molecule has 78 valence electrons. The van der Waals surface area contributed by atoms with Crippen molar-refractivity contribution < 1.29 is 19.4 Å². The van der Waals surface area contributed by atoms with E-state index in [0.717, 1.165) is 6.42 Å². The summed E-state index contributed by atoms with van der Waals surface area (Å²) in [7, 11) is 0. The van der Waals surface area contributed by atoms with Crippen LogP contribution in [0.4, 0.5) is 0 Å². The summed E-state index contributed by atoms with van der Waals surface area (Å²) in [5.74, 6) is -0.915. The molecule has 4 nitrogen and oxygen atoms in total. The molecule has 1 unspecified atom stereocenters. The van der Waals surface area contributed by atoms with Crippen molar-refractivity contribution in [2.24, 2.45) is 0 Å². The molecular formula is C9H18O4. The Kier molecular flexibility index (Phi) is 7.63. The second kappa shape index (κ2) is 8.01. The van der Waals surface area contributed by atoms with Gasteiger partial charge in [0.25, 0.3) is 0 Å². The van der Waals surface area contributed by atoms with Crippen molar-refractivity contribution in [1.82, 2.24) is 0 Å². The number of carbonyl (C=O) groups is 1. The average molecular weight is 190 g/mol. The normalized spacial score (nSPS) is 12.8. The smallest absolute Gasteiger partial charge is 0.332 e. The Bertz CT molecular complexity index is 136. The van der Waals surface area contributed by atoms with Crippen LogP contribution in [-0.4, -0.2) is 37.0 Å². The fourth-order valence-corrected chi connectivity index (χ4v) is 0.916. The van der Waals surface area contributed by atoms with Crippen molar-refractivity contribution in [3.63, 3.8) is 0 Å². The molecule has 0 saturated carbocycles. The van der Waals surface area contributed by atoms with Gasteiger partial charge < -0.3 is 14.6 Å². The molecule has 0 heterocycles. The molecule has 0 bridgehead atoms. The molecule has 0 aromatic heterocycles. The first-order valence-corrected chi connectivity index (χ1v) is 4.64. The maximum absolute atomic E-state index is 10.6. The second-order valence-corrected chi connectivity index (χ2v) is 2.68. The zero-order valence-corrected chi connectivity index (χ0v) is 8.28. The van der Waals surface area contributed by atoms with Gasteiger partial charge in [0.1, 0.15) is 0 Å². The number of carboxylic acid groups (broad SMARTS) is 1. The quantitative estimate of drug-likeness (QED) is 0.586. The van der Waals surface area contributed by atoms with E-state index in [1.807, 2.05) is 6.92 Å². The van der Waals surface area contributed by atoms with E-state index in [0.29, 0.717) is 26.2 Å². The molecule has 0 radical (unpaired) electrons. The summed E-state index contributed by atoms with van der Waals surface area (Å²) in [5, 5.41) is 8.68. The van der Waals surface area contributed by atoms with E-state index in [4.69, 9.17) is 14.6 Å². The molecule has 0 aliphatic rings. The standard InChI is InChI=1S/C9H18O4/c1-3-6-12-7-5-8(9(10)11)13-4-2/h8H,3-7H2,1-2H3,(H,10,11). The highest BCUT2D eigenvalue weighted by Crippen LogP contribution is 1.99. The third-order valence-electron chi connectivity index (χ3n) is 1.52. The Morgan fingerprint density at radius 1 is 1.38 bits per heavy atom. The van der Waals surface area contributed by atoms with Gasteiger partial charge in [-0.05, 0) is 13.3 Å². The third kappa shape index (κ3) is 6.54. The van der Waals surface area contributed by atoms with Crippen LogP contribution in [0.3, 0.4) is 0 Å². The van der Waals surface area contributed by atoms with E-state index in [9.17, 15) is 4.79 Å². The van der Waals surface area contributed by atoms with Crippen LogP contribution in [0.25, 0.3) is 0 Å². The molecular weight excluding hydrogens is 172 g/mol. The number of rotatable bonds is 8. The van der Waals surface area contributed by atoms with Crippen LogP contribution in [0.2, 0.25) is 0 Å². The molecule has 0 spiro atoms. The SMILES string of the molecule is CCCOCCC(OCC)C(=O)O. The molecule has 0 fully saturated rings. The first kappa shape index (κ1) is 12.4. The highest BCUT2D eigenvalue weighted by Gasteiger charge is 2.16. The van der Waals surface area contributed by atoms with Crippen molar-refractivity contribution in [1.29, 1.82) is 0 Å². The van der Waals surface area contributed by atoms with E-state index in [1.54, 1.807) is 6.92 Å². The summed E-state index contributed by atoms with van der Waals surface area (Å²) in [4.78, 5) is 10.6. The van der Waals surface area contributed by atoms with Gasteiger partial charge in [0, 0.05) is 26.2 Å². The first-order valence-electron chi connectivity index (χ1n) is 4.64. The van der Waals surface area contributed by atoms with Crippen molar-refractivity contribution >= 4 is 5.97 Å². The van der Waals surface area contributed by atoms with Crippen molar-refractivity contribution in [3.8, 4) is 0 Å². The van der Waals surface area contributed by atoms with E-state index in [2.05, 4.69) is 0 Å². The zero-order chi connectivity index (χ0) is 10.1. The lowest BCUT2D eigenvalue weighted by Crippen LogP contribution is -2.25. The minimum Gasteiger partial charge on any atom is -0.479 e. The van der Waals surface area contributed by atoms with E-state index in [1.165, 1.54) is 0 Å². The summed E-state index contributed by atoms with van der Waals surface area (Å²) in [5.41, 5.74) is 0. The Balaban J connectivity index is 3.51. The van der Waals surface area contributed by atoms with Crippen LogP contribution in [0, 0.1) is 0 Å². The molecule has 0 saturated heterocycles. The fourth-order valence-electron chi connectivity index (χ4n) is 0.916. The lowest BCUT2D eigenvalue weighted by molar-refractivity contribution is -0.151. The largest absolute Gasteiger partial charge is 0.479 e. The zero-order valence-electron chi connectivity index (χ0n) is 8.28. The van der Waals surface area contributed by atoms with E-state index in [-0.39, 0.29) is 0 Å². The maximum Gasteiger partial charge on any atom is 0.332 e. The van der Waals surface area contributed by atoms with Gasteiger partial charge in [-0.2, -0.15) is 0 Å². The predicted molar refractivity (Wildman–Crippen MR) is 48.8 cm³/mol. The predicted octanol–water partition coefficient (Wildman–Crippen LogP) is 1.29. The van der Waals surface area contributed by atoms with Crippen LogP contribution in [0.1, 0.15) is 26.7 Å². The fraction of sp³-hybridized carbons (Fsp3) is 0.889. The Morgan fingerprint density at radius 3 is 2.54 bits per heavy atom. The molecule has 1 N–H and O–H groups in total. The van der Waals surface area contributed by atoms with Crippen LogP contribution in [0.5, 0.6) is 0 Å². The average Bonchev–Trinajstić information content (AvgIpc) is 2.10. The number of aliphatic carboxylic acids is 1. The van der Waals surface area contributed by atoms with Gasteiger partial charge in [-0.15, -0.1) is 0 Å². The van der Waals surface area contributed by atoms with Crippen molar-refractivity contribution in [3.05, 3.63) is 0 Å². The monoisotopic (exact) mass is 190 g/mol. The topological polar surface area (TPSA) is 55.8 Å². The number of carboxylic acids is 1. The van der Waals surface area contributed by atoms with E-state index >= 15 is 0 Å². The Labute approximate surface area is 78.8 Å². The van der Waals surface area contributed by atoms with Gasteiger partial charge in [0.2, 0.25) is 0 Å². The Hall–Kier alpha value is -0.610. The lowest BCUT2D eigenvalue weighted by Gasteiger charge is -2.11. The molecule has 0 aliphatic heterocycles. The molecule has 0 aromatic rings. The minimum atomic E-state index is -0.915. The van der Waals surface area contributed by atoms with E-state index < -0.39 is 12.1 Å². The molecule has 0 rings (SSSR count). The lowest BCUT2D eigenvalue weighted by atomic mass is 10.2. The number of ether oxygens (including phenoxy) is 2. The molecule has 0 amide bonds. The second-order valence-electron chi connectivity index (χ2n) is 2.68. The molecule has 4 heteroatoms. The summed E-state index contributed by atoms with van der Waals surface area (Å²) < 4.78 is 10.2. The van der Waals surface area contributed by atoms with Gasteiger partial charge in [-0.25, -0.2) is 4.79 Å². The van der Waals surface area contributed by atoms with Gasteiger partial charge in [0.15, 0.2) is 6.10 Å². The molecule has 13 heavy (non-hydrogen) atoms. The van der Waals surface area contributed by atoms with Gasteiger partial charge in [0.05, 0.1) is 0 Å². The van der Waals surface area contributed by atoms with Crippen molar-refractivity contribution in [2.75, 3.05) is 19.8 Å². The highest BCUT2D eigenvalue weighted by molar-refractivity contribution is 5.72. The summed E-state index contributed by atoms with van der Waals surface area (Å²) in [6.45, 7) is 5.34. The van der Waals surface area contributed by atoms with Gasteiger partial charge in [-0.3, -0.25) is 0 Å². The van der Waals surface area contributed by atoms with Crippen LogP contribution < -0.4 is 0 Å². The first-order chi connectivity index (χ1) is 6.22. The highest BCUT2D eigenvalue weighted by atomic mass is 16.5. The molecule has 1 atom stereocenters. The Morgan fingerprint density at radius 2 is 2.08 bits per heavy atom. The molecule has 0 aliphatic carbocycles. The molecule has 0 aromatic carbocycles. The third-order valence-corrected chi connectivity index (χ3v) is 1.52. The van der Waals surface area contributed by atoms with Crippen molar-refractivity contribution in [2.45, 2.75) is 32.8 Å². The van der Waals surface area contributed by atoms with Crippen LogP contribution >= 0.6 is 0 Å². The summed E-state index contributed by atoms with van der Waals surface area (Å²) in [6.07, 6.45) is 0.650.